The van der Waals surface area contributed by atoms with Gasteiger partial charge in [-0.3, -0.25) is 14.2 Å². The van der Waals surface area contributed by atoms with Crippen molar-refractivity contribution in [2.75, 3.05) is 5.32 Å². The first-order valence-electron chi connectivity index (χ1n) is 7.84. The van der Waals surface area contributed by atoms with Crippen LogP contribution in [0.2, 0.25) is 5.02 Å². The van der Waals surface area contributed by atoms with Crippen LogP contribution in [0.4, 0.5) is 18.9 Å². The molecule has 1 amide bonds. The molecule has 0 bridgehead atoms. The summed E-state index contributed by atoms with van der Waals surface area (Å²) in [7, 11) is 1.60. The highest BCUT2D eigenvalue weighted by molar-refractivity contribution is 6.34. The van der Waals surface area contributed by atoms with Gasteiger partial charge >= 0.3 is 6.18 Å². The molecule has 3 rings (SSSR count). The van der Waals surface area contributed by atoms with Crippen molar-refractivity contribution in [2.24, 2.45) is 7.05 Å². The van der Waals surface area contributed by atoms with Gasteiger partial charge in [0, 0.05) is 13.2 Å². The zero-order valence-electron chi connectivity index (χ0n) is 14.4. The van der Waals surface area contributed by atoms with Crippen molar-refractivity contribution in [1.82, 2.24) is 19.6 Å². The largest absolute Gasteiger partial charge is 0.416 e. The number of benzene rings is 1. The second-order valence-electron chi connectivity index (χ2n) is 5.95. The first-order valence-corrected chi connectivity index (χ1v) is 8.22. The molecule has 6 nitrogen and oxygen atoms in total. The third-order valence-electron chi connectivity index (χ3n) is 3.85. The zero-order chi connectivity index (χ0) is 19.8. The first kappa shape index (κ1) is 19.0. The van der Waals surface area contributed by atoms with Crippen LogP contribution in [0.25, 0.3) is 0 Å². The summed E-state index contributed by atoms with van der Waals surface area (Å²) in [6.07, 6.45) is -1.47. The minimum absolute atomic E-state index is 0.130. The highest BCUT2D eigenvalue weighted by Crippen LogP contribution is 2.29. The quantitative estimate of drug-likeness (QED) is 0.726. The summed E-state index contributed by atoms with van der Waals surface area (Å²) in [5.41, 5.74) is 0.851. The van der Waals surface area contributed by atoms with Crippen molar-refractivity contribution in [3.8, 4) is 0 Å². The van der Waals surface area contributed by atoms with E-state index in [1.165, 1.54) is 27.8 Å². The number of carbonyl (C=O) groups is 1. The molecule has 2 heterocycles. The number of alkyl halides is 3. The monoisotopic (exact) mass is 397 g/mol. The number of halogens is 4. The molecule has 0 aliphatic heterocycles. The minimum atomic E-state index is -4.40. The van der Waals surface area contributed by atoms with Gasteiger partial charge in [-0.2, -0.15) is 23.4 Å². The van der Waals surface area contributed by atoms with Crippen LogP contribution in [-0.4, -0.2) is 25.5 Å². The van der Waals surface area contributed by atoms with Crippen LogP contribution in [-0.2, 0) is 19.8 Å². The molecule has 2 aromatic heterocycles. The normalized spacial score (nSPS) is 11.6. The summed E-state index contributed by atoms with van der Waals surface area (Å²) in [6.45, 7) is 1.82. The molecule has 0 fully saturated rings. The molecule has 0 unspecified atom stereocenters. The summed E-state index contributed by atoms with van der Waals surface area (Å²) < 4.78 is 41.2. The molecule has 10 heteroatoms. The van der Waals surface area contributed by atoms with E-state index in [-0.39, 0.29) is 17.3 Å². The van der Waals surface area contributed by atoms with E-state index in [1.54, 1.807) is 20.0 Å². The van der Waals surface area contributed by atoms with E-state index >= 15 is 0 Å². The number of anilines is 1. The van der Waals surface area contributed by atoms with Gasteiger partial charge in [0.05, 0.1) is 34.7 Å². The maximum absolute atomic E-state index is 12.8. The molecule has 0 atom stereocenters. The molecule has 0 saturated heterocycles. The van der Waals surface area contributed by atoms with Crippen LogP contribution in [0.5, 0.6) is 0 Å². The molecule has 1 aromatic carbocycles. The molecule has 0 saturated carbocycles. The van der Waals surface area contributed by atoms with E-state index in [4.69, 9.17) is 11.6 Å². The molecule has 0 radical (unpaired) electrons. The Labute approximate surface area is 157 Å². The van der Waals surface area contributed by atoms with Crippen LogP contribution in [0.15, 0.2) is 36.7 Å². The van der Waals surface area contributed by atoms with E-state index < -0.39 is 17.6 Å². The van der Waals surface area contributed by atoms with Gasteiger partial charge in [0.25, 0.3) is 5.91 Å². The smallest absolute Gasteiger partial charge is 0.318 e. The Balaban J connectivity index is 1.73. The lowest BCUT2D eigenvalue weighted by Gasteiger charge is -2.08. The van der Waals surface area contributed by atoms with E-state index in [9.17, 15) is 18.0 Å². The van der Waals surface area contributed by atoms with Gasteiger partial charge < -0.3 is 5.32 Å². The molecule has 142 valence electrons. The first-order chi connectivity index (χ1) is 12.6. The van der Waals surface area contributed by atoms with Crippen molar-refractivity contribution >= 4 is 23.2 Å². The maximum atomic E-state index is 12.8. The molecule has 0 spiro atoms. The second-order valence-corrected chi connectivity index (χ2v) is 6.33. The van der Waals surface area contributed by atoms with Crippen LogP contribution >= 0.6 is 11.6 Å². The summed E-state index contributed by atoms with van der Waals surface area (Å²) in [4.78, 5) is 12.4. The Morgan fingerprint density at radius 1 is 1.33 bits per heavy atom. The summed E-state index contributed by atoms with van der Waals surface area (Å²) in [6, 6.07) is 5.00. The van der Waals surface area contributed by atoms with Gasteiger partial charge in [-0.15, -0.1) is 0 Å². The second kappa shape index (κ2) is 7.07. The van der Waals surface area contributed by atoms with E-state index in [0.29, 0.717) is 16.9 Å². The summed E-state index contributed by atoms with van der Waals surface area (Å²) in [5.74, 6) is -0.457. The molecule has 27 heavy (non-hydrogen) atoms. The molecule has 0 aliphatic rings. The number of nitrogens with one attached hydrogen (secondary N) is 1. The third-order valence-corrected chi connectivity index (χ3v) is 4.31. The zero-order valence-corrected chi connectivity index (χ0v) is 15.1. The predicted molar refractivity (Wildman–Crippen MR) is 93.7 cm³/mol. The van der Waals surface area contributed by atoms with Crippen molar-refractivity contribution in [3.63, 3.8) is 0 Å². The fraction of sp³-hybridized carbons (Fsp3) is 0.235. The summed E-state index contributed by atoms with van der Waals surface area (Å²) in [5, 5.41) is 11.0. The molecule has 0 aliphatic carbocycles. The lowest BCUT2D eigenvalue weighted by atomic mass is 10.1. The van der Waals surface area contributed by atoms with Gasteiger partial charge in [0.1, 0.15) is 5.69 Å². The van der Waals surface area contributed by atoms with Gasteiger partial charge in [0.15, 0.2) is 0 Å². The number of aryl methyl sites for hydroxylation is 2. The van der Waals surface area contributed by atoms with Crippen molar-refractivity contribution < 1.29 is 18.0 Å². The summed E-state index contributed by atoms with van der Waals surface area (Å²) >= 11 is 6.08. The Morgan fingerprint density at radius 2 is 2.07 bits per heavy atom. The highest BCUT2D eigenvalue weighted by atomic mass is 35.5. The Bertz CT molecular complexity index is 993. The number of nitrogens with zero attached hydrogens (tertiary/aromatic N) is 4. The Morgan fingerprint density at radius 3 is 2.70 bits per heavy atom. The molecular weight excluding hydrogens is 383 g/mol. The Hall–Kier alpha value is -2.81. The van der Waals surface area contributed by atoms with Crippen LogP contribution in [0.3, 0.4) is 0 Å². The Kier molecular flexibility index (Phi) is 4.97. The molecule has 1 N–H and O–H groups in total. The van der Waals surface area contributed by atoms with E-state index in [0.717, 1.165) is 12.1 Å². The van der Waals surface area contributed by atoms with Crippen LogP contribution < -0.4 is 5.32 Å². The number of hydrogen-bond donors (Lipinski definition) is 1. The number of rotatable bonds is 4. The number of amides is 1. The van der Waals surface area contributed by atoms with Gasteiger partial charge in [-0.1, -0.05) is 23.7 Å². The lowest BCUT2D eigenvalue weighted by Crippen LogP contribution is -2.16. The van der Waals surface area contributed by atoms with E-state index in [1.807, 2.05) is 0 Å². The predicted octanol–water partition coefficient (Wildman–Crippen LogP) is 3.90. The van der Waals surface area contributed by atoms with Crippen molar-refractivity contribution in [3.05, 3.63) is 64.2 Å². The van der Waals surface area contributed by atoms with Crippen LogP contribution in [0.1, 0.15) is 27.3 Å². The topological polar surface area (TPSA) is 64.7 Å². The average Bonchev–Trinajstić information content (AvgIpc) is 3.11. The number of carbonyl (C=O) groups excluding carboxylic acids is 1. The molecule has 3 aromatic rings. The van der Waals surface area contributed by atoms with Gasteiger partial charge in [0.2, 0.25) is 0 Å². The van der Waals surface area contributed by atoms with Gasteiger partial charge in [-0.25, -0.2) is 0 Å². The number of hydrogen-bond acceptors (Lipinski definition) is 3. The minimum Gasteiger partial charge on any atom is -0.318 e. The standard InChI is InChI=1S/C17H15ClF3N5O/c1-10-14(18)15(25(2)24-10)16(27)23-13-7-22-26(9-13)8-11-4-3-5-12(6-11)17(19,20)21/h3-7,9H,8H2,1-2H3,(H,23,27). The van der Waals surface area contributed by atoms with Crippen molar-refractivity contribution in [2.45, 2.75) is 19.6 Å². The van der Waals surface area contributed by atoms with Crippen molar-refractivity contribution in [1.29, 1.82) is 0 Å². The molecular formula is C17H15ClF3N5O. The third kappa shape index (κ3) is 4.13. The van der Waals surface area contributed by atoms with E-state index in [2.05, 4.69) is 15.5 Å². The fourth-order valence-corrected chi connectivity index (χ4v) is 2.86. The highest BCUT2D eigenvalue weighted by Gasteiger charge is 2.30. The lowest BCUT2D eigenvalue weighted by molar-refractivity contribution is -0.137. The van der Waals surface area contributed by atoms with Crippen LogP contribution in [0, 0.1) is 6.92 Å². The SMILES string of the molecule is Cc1nn(C)c(C(=O)Nc2cnn(Cc3cccc(C(F)(F)F)c3)c2)c1Cl. The maximum Gasteiger partial charge on any atom is 0.416 e. The fourth-order valence-electron chi connectivity index (χ4n) is 2.62. The van der Waals surface area contributed by atoms with Gasteiger partial charge in [-0.05, 0) is 24.6 Å². The number of aromatic nitrogens is 4. The average molecular weight is 398 g/mol.